The van der Waals surface area contributed by atoms with E-state index in [1.807, 2.05) is 43.3 Å². The van der Waals surface area contributed by atoms with Crippen LogP contribution in [0.25, 0.3) is 11.5 Å². The Balaban J connectivity index is 1.71. The lowest BCUT2D eigenvalue weighted by Gasteiger charge is -2.02. The maximum Gasteiger partial charge on any atom is 0.254 e. The predicted octanol–water partition coefficient (Wildman–Crippen LogP) is 3.78. The fourth-order valence-electron chi connectivity index (χ4n) is 1.74. The van der Waals surface area contributed by atoms with Crippen molar-refractivity contribution in [2.75, 3.05) is 0 Å². The van der Waals surface area contributed by atoms with Gasteiger partial charge in [0.25, 0.3) is 5.89 Å². The third kappa shape index (κ3) is 3.28. The van der Waals surface area contributed by atoms with Gasteiger partial charge >= 0.3 is 0 Å². The van der Waals surface area contributed by atoms with Crippen molar-refractivity contribution >= 4 is 15.9 Å². The van der Waals surface area contributed by atoms with Crippen LogP contribution in [0.15, 0.2) is 51.5 Å². The number of hydrogen-bond acceptors (Lipinski definition) is 5. The summed E-state index contributed by atoms with van der Waals surface area (Å²) in [7, 11) is 0. The molecule has 21 heavy (non-hydrogen) atoms. The van der Waals surface area contributed by atoms with E-state index >= 15 is 0 Å². The summed E-state index contributed by atoms with van der Waals surface area (Å²) in [5, 5.41) is 8.01. The Hall–Kier alpha value is -2.21. The van der Waals surface area contributed by atoms with Gasteiger partial charge in [-0.1, -0.05) is 12.1 Å². The van der Waals surface area contributed by atoms with Crippen molar-refractivity contribution in [2.24, 2.45) is 0 Å². The van der Waals surface area contributed by atoms with Gasteiger partial charge in [0.05, 0.1) is 11.8 Å². The Morgan fingerprint density at radius 1 is 1.14 bits per heavy atom. The normalized spacial score (nSPS) is 10.6. The molecule has 0 spiro atoms. The number of ether oxygens (including phenoxy) is 1. The molecular formula is C15H12BrN3O2. The van der Waals surface area contributed by atoms with Crippen LogP contribution in [0.3, 0.4) is 0 Å². The fourth-order valence-corrected chi connectivity index (χ4v) is 2.19. The number of aromatic nitrogens is 3. The lowest BCUT2D eigenvalue weighted by molar-refractivity contribution is 0.263. The summed E-state index contributed by atoms with van der Waals surface area (Å²) in [5.74, 6) is 1.55. The van der Waals surface area contributed by atoms with E-state index in [0.29, 0.717) is 17.5 Å². The van der Waals surface area contributed by atoms with Crippen LogP contribution in [0.5, 0.6) is 5.75 Å². The molecule has 0 N–H and O–H groups in total. The Morgan fingerprint density at radius 2 is 2.00 bits per heavy atom. The standard InChI is InChI=1S/C15H12BrN3O2/c1-10-6-7-11(8-17-10)20-9-14-18-19-15(21-14)12-4-2-3-5-13(12)16/h2-8H,9H2,1H3. The van der Waals surface area contributed by atoms with Gasteiger partial charge < -0.3 is 9.15 Å². The highest BCUT2D eigenvalue weighted by Gasteiger charge is 2.11. The first-order chi connectivity index (χ1) is 10.2. The SMILES string of the molecule is Cc1ccc(OCc2nnc(-c3ccccc3Br)o2)cn1. The van der Waals surface area contributed by atoms with E-state index in [2.05, 4.69) is 31.1 Å². The van der Waals surface area contributed by atoms with Crippen molar-refractivity contribution in [2.45, 2.75) is 13.5 Å². The van der Waals surface area contributed by atoms with Gasteiger partial charge in [0.1, 0.15) is 5.75 Å². The van der Waals surface area contributed by atoms with Crippen molar-refractivity contribution in [3.63, 3.8) is 0 Å². The van der Waals surface area contributed by atoms with Crippen LogP contribution in [-0.4, -0.2) is 15.2 Å². The van der Waals surface area contributed by atoms with E-state index in [9.17, 15) is 0 Å². The molecule has 0 aliphatic heterocycles. The lowest BCUT2D eigenvalue weighted by Crippen LogP contribution is -1.96. The van der Waals surface area contributed by atoms with E-state index in [1.54, 1.807) is 6.20 Å². The predicted molar refractivity (Wildman–Crippen MR) is 80.7 cm³/mol. The van der Waals surface area contributed by atoms with E-state index in [-0.39, 0.29) is 6.61 Å². The molecule has 5 nitrogen and oxygen atoms in total. The summed E-state index contributed by atoms with van der Waals surface area (Å²) in [6, 6.07) is 11.4. The van der Waals surface area contributed by atoms with Gasteiger partial charge in [0, 0.05) is 10.2 Å². The molecule has 2 heterocycles. The lowest BCUT2D eigenvalue weighted by atomic mass is 10.2. The Kier molecular flexibility index (Phi) is 3.96. The molecule has 0 atom stereocenters. The van der Waals surface area contributed by atoms with Crippen LogP contribution in [0.4, 0.5) is 0 Å². The van der Waals surface area contributed by atoms with Gasteiger partial charge in [0.2, 0.25) is 5.89 Å². The van der Waals surface area contributed by atoms with Crippen molar-refractivity contribution in [1.82, 2.24) is 15.2 Å². The van der Waals surface area contributed by atoms with Crippen molar-refractivity contribution < 1.29 is 9.15 Å². The number of aryl methyl sites for hydroxylation is 1. The largest absolute Gasteiger partial charge is 0.482 e. The minimum atomic E-state index is 0.211. The minimum absolute atomic E-state index is 0.211. The zero-order chi connectivity index (χ0) is 14.7. The van der Waals surface area contributed by atoms with Gasteiger partial charge in [-0.05, 0) is 47.1 Å². The van der Waals surface area contributed by atoms with Crippen molar-refractivity contribution in [3.8, 4) is 17.2 Å². The summed E-state index contributed by atoms with van der Waals surface area (Å²) >= 11 is 3.46. The number of halogens is 1. The third-order valence-corrected chi connectivity index (χ3v) is 3.51. The molecule has 106 valence electrons. The second kappa shape index (κ2) is 6.05. The molecule has 2 aromatic heterocycles. The molecule has 6 heteroatoms. The van der Waals surface area contributed by atoms with Crippen LogP contribution in [-0.2, 0) is 6.61 Å². The van der Waals surface area contributed by atoms with Gasteiger partial charge in [-0.3, -0.25) is 4.98 Å². The van der Waals surface area contributed by atoms with E-state index in [1.165, 1.54) is 0 Å². The first kappa shape index (κ1) is 13.8. The van der Waals surface area contributed by atoms with Gasteiger partial charge in [-0.15, -0.1) is 10.2 Å². The highest BCUT2D eigenvalue weighted by molar-refractivity contribution is 9.10. The van der Waals surface area contributed by atoms with Crippen LogP contribution in [0, 0.1) is 6.92 Å². The topological polar surface area (TPSA) is 61.0 Å². The highest BCUT2D eigenvalue weighted by Crippen LogP contribution is 2.26. The van der Waals surface area contributed by atoms with Gasteiger partial charge in [-0.25, -0.2) is 0 Å². The monoisotopic (exact) mass is 345 g/mol. The Bertz CT molecular complexity index is 741. The molecule has 0 aliphatic carbocycles. The molecule has 0 unspecified atom stereocenters. The minimum Gasteiger partial charge on any atom is -0.482 e. The zero-order valence-electron chi connectivity index (χ0n) is 11.3. The summed E-state index contributed by atoms with van der Waals surface area (Å²) in [4.78, 5) is 4.16. The molecule has 0 fully saturated rings. The third-order valence-electron chi connectivity index (χ3n) is 2.82. The molecule has 0 amide bonds. The number of hydrogen-bond donors (Lipinski definition) is 0. The van der Waals surface area contributed by atoms with E-state index in [0.717, 1.165) is 15.7 Å². The molecule has 3 aromatic rings. The van der Waals surface area contributed by atoms with Crippen LogP contribution in [0.2, 0.25) is 0 Å². The number of rotatable bonds is 4. The van der Waals surface area contributed by atoms with Gasteiger partial charge in [-0.2, -0.15) is 0 Å². The molecule has 0 saturated carbocycles. The Labute approximate surface area is 130 Å². The molecule has 0 bridgehead atoms. The first-order valence-electron chi connectivity index (χ1n) is 6.35. The quantitative estimate of drug-likeness (QED) is 0.719. The van der Waals surface area contributed by atoms with E-state index < -0.39 is 0 Å². The number of nitrogens with zero attached hydrogens (tertiary/aromatic N) is 3. The summed E-state index contributed by atoms with van der Waals surface area (Å²) in [5.41, 5.74) is 1.80. The molecule has 1 aromatic carbocycles. The fraction of sp³-hybridized carbons (Fsp3) is 0.133. The molecular weight excluding hydrogens is 334 g/mol. The number of benzene rings is 1. The zero-order valence-corrected chi connectivity index (χ0v) is 12.9. The molecule has 0 radical (unpaired) electrons. The summed E-state index contributed by atoms with van der Waals surface area (Å²) in [6.07, 6.45) is 1.67. The average Bonchev–Trinajstić information content (AvgIpc) is 2.96. The molecule has 0 aliphatic rings. The van der Waals surface area contributed by atoms with Gasteiger partial charge in [0.15, 0.2) is 6.61 Å². The van der Waals surface area contributed by atoms with Crippen molar-refractivity contribution in [1.29, 1.82) is 0 Å². The Morgan fingerprint density at radius 3 is 2.76 bits per heavy atom. The van der Waals surface area contributed by atoms with Crippen LogP contribution >= 0.6 is 15.9 Å². The summed E-state index contributed by atoms with van der Waals surface area (Å²) in [6.45, 7) is 2.13. The smallest absolute Gasteiger partial charge is 0.254 e. The molecule has 0 saturated heterocycles. The maximum absolute atomic E-state index is 5.60. The maximum atomic E-state index is 5.60. The van der Waals surface area contributed by atoms with Crippen LogP contribution in [0.1, 0.15) is 11.6 Å². The first-order valence-corrected chi connectivity index (χ1v) is 7.14. The highest BCUT2D eigenvalue weighted by atomic mass is 79.9. The van der Waals surface area contributed by atoms with Crippen molar-refractivity contribution in [3.05, 3.63) is 58.7 Å². The number of pyridine rings is 1. The second-order valence-corrected chi connectivity index (χ2v) is 5.26. The molecule has 3 rings (SSSR count). The average molecular weight is 346 g/mol. The summed E-state index contributed by atoms with van der Waals surface area (Å²) < 4.78 is 12.1. The second-order valence-electron chi connectivity index (χ2n) is 4.40. The van der Waals surface area contributed by atoms with E-state index in [4.69, 9.17) is 9.15 Å². The van der Waals surface area contributed by atoms with Crippen LogP contribution < -0.4 is 4.74 Å².